The first kappa shape index (κ1) is 16.9. The SMILES string of the molecule is O=C(CN1C[C@H]2CC[C@@H]1CN(Cc1ccccn1)C2)N1CCOCC1. The quantitative estimate of drug-likeness (QED) is 0.810. The van der Waals surface area contributed by atoms with Crippen molar-refractivity contribution in [3.8, 4) is 0 Å². The minimum Gasteiger partial charge on any atom is -0.378 e. The standard InChI is InChI=1S/C19H28N4O2/c24-19(22-7-9-25-10-8-22)15-23-12-16-4-5-18(23)14-21(11-16)13-17-3-1-2-6-20-17/h1-3,6,16,18H,4-5,7-15H2/t16-,18+/m0/s1. The Morgan fingerprint density at radius 2 is 2.04 bits per heavy atom. The Morgan fingerprint density at radius 1 is 1.16 bits per heavy atom. The largest absolute Gasteiger partial charge is 0.378 e. The van der Waals surface area contributed by atoms with Crippen LogP contribution in [-0.2, 0) is 16.1 Å². The van der Waals surface area contributed by atoms with E-state index in [0.29, 0.717) is 31.7 Å². The number of hydrogen-bond donors (Lipinski definition) is 0. The molecule has 5 heterocycles. The van der Waals surface area contributed by atoms with Crippen LogP contribution in [-0.4, -0.2) is 84.1 Å². The number of hydrogen-bond acceptors (Lipinski definition) is 5. The summed E-state index contributed by atoms with van der Waals surface area (Å²) in [4.78, 5) is 24.0. The number of piperidine rings is 1. The minimum absolute atomic E-state index is 0.270. The number of carbonyl (C=O) groups is 1. The molecular weight excluding hydrogens is 316 g/mol. The summed E-state index contributed by atoms with van der Waals surface area (Å²) in [6.07, 6.45) is 4.36. The first-order valence-electron chi connectivity index (χ1n) is 9.50. The van der Waals surface area contributed by atoms with E-state index in [-0.39, 0.29) is 5.91 Å². The first-order valence-corrected chi connectivity index (χ1v) is 9.50. The average Bonchev–Trinajstić information content (AvgIpc) is 2.94. The summed E-state index contributed by atoms with van der Waals surface area (Å²) >= 11 is 0. The number of pyridine rings is 1. The molecule has 0 aromatic carbocycles. The van der Waals surface area contributed by atoms with Gasteiger partial charge in [-0.3, -0.25) is 19.6 Å². The summed E-state index contributed by atoms with van der Waals surface area (Å²) in [5.74, 6) is 0.937. The molecule has 1 amide bonds. The molecule has 4 saturated heterocycles. The van der Waals surface area contributed by atoms with Gasteiger partial charge in [-0.2, -0.15) is 0 Å². The van der Waals surface area contributed by atoms with Gasteiger partial charge in [0.1, 0.15) is 0 Å². The van der Waals surface area contributed by atoms with Gasteiger partial charge in [-0.15, -0.1) is 0 Å². The third-order valence-electron chi connectivity index (χ3n) is 5.72. The highest BCUT2D eigenvalue weighted by Gasteiger charge is 2.36. The molecule has 0 saturated carbocycles. The fourth-order valence-corrected chi connectivity index (χ4v) is 4.41. The zero-order chi connectivity index (χ0) is 17.1. The van der Waals surface area contributed by atoms with Crippen molar-refractivity contribution in [3.05, 3.63) is 30.1 Å². The van der Waals surface area contributed by atoms with Gasteiger partial charge in [-0.25, -0.2) is 0 Å². The molecule has 2 bridgehead atoms. The van der Waals surface area contributed by atoms with E-state index in [1.54, 1.807) is 0 Å². The Kier molecular flexibility index (Phi) is 5.29. The van der Waals surface area contributed by atoms with Crippen LogP contribution < -0.4 is 0 Å². The fraction of sp³-hybridized carbons (Fsp3) is 0.684. The van der Waals surface area contributed by atoms with Crippen molar-refractivity contribution in [2.45, 2.75) is 25.4 Å². The molecule has 136 valence electrons. The monoisotopic (exact) mass is 344 g/mol. The van der Waals surface area contributed by atoms with Crippen molar-refractivity contribution in [2.75, 3.05) is 52.5 Å². The second kappa shape index (κ2) is 7.81. The Bertz CT molecular complexity index is 576. The number of carbonyl (C=O) groups excluding carboxylic acids is 1. The molecule has 6 nitrogen and oxygen atoms in total. The van der Waals surface area contributed by atoms with Crippen LogP contribution >= 0.6 is 0 Å². The van der Waals surface area contributed by atoms with Gasteiger partial charge in [0.05, 0.1) is 25.5 Å². The van der Waals surface area contributed by atoms with Gasteiger partial charge < -0.3 is 9.64 Å². The number of nitrogens with zero attached hydrogens (tertiary/aromatic N) is 4. The van der Waals surface area contributed by atoms with Crippen molar-refractivity contribution in [2.24, 2.45) is 5.92 Å². The second-order valence-electron chi connectivity index (χ2n) is 7.53. The molecule has 2 atom stereocenters. The smallest absolute Gasteiger partial charge is 0.236 e. The van der Waals surface area contributed by atoms with Crippen LogP contribution in [0, 0.1) is 5.92 Å². The lowest BCUT2D eigenvalue weighted by Gasteiger charge is -2.37. The number of aromatic nitrogens is 1. The summed E-state index contributed by atoms with van der Waals surface area (Å²) < 4.78 is 5.36. The van der Waals surface area contributed by atoms with Crippen LogP contribution in [0.15, 0.2) is 24.4 Å². The van der Waals surface area contributed by atoms with Gasteiger partial charge in [0.15, 0.2) is 0 Å². The Labute approximate surface area is 149 Å². The van der Waals surface area contributed by atoms with Gasteiger partial charge >= 0.3 is 0 Å². The molecule has 0 spiro atoms. The molecule has 5 rings (SSSR count). The number of ether oxygens (including phenoxy) is 1. The summed E-state index contributed by atoms with van der Waals surface area (Å²) in [7, 11) is 0. The predicted octanol–water partition coefficient (Wildman–Crippen LogP) is 0.837. The molecule has 0 aliphatic carbocycles. The van der Waals surface area contributed by atoms with E-state index in [9.17, 15) is 4.79 Å². The molecule has 0 N–H and O–H groups in total. The number of rotatable bonds is 4. The molecule has 1 aromatic rings. The maximum atomic E-state index is 12.6. The zero-order valence-electron chi connectivity index (χ0n) is 14.8. The molecule has 4 fully saturated rings. The minimum atomic E-state index is 0.270. The summed E-state index contributed by atoms with van der Waals surface area (Å²) in [6.45, 7) is 7.54. The van der Waals surface area contributed by atoms with Crippen LogP contribution in [0.25, 0.3) is 0 Å². The first-order chi connectivity index (χ1) is 12.3. The van der Waals surface area contributed by atoms with Crippen molar-refractivity contribution < 1.29 is 9.53 Å². The summed E-state index contributed by atoms with van der Waals surface area (Å²) in [5, 5.41) is 0. The van der Waals surface area contributed by atoms with Gasteiger partial charge in [0, 0.05) is 51.5 Å². The van der Waals surface area contributed by atoms with E-state index in [1.807, 2.05) is 17.2 Å². The van der Waals surface area contributed by atoms with Gasteiger partial charge in [0.2, 0.25) is 5.91 Å². The lowest BCUT2D eigenvalue weighted by Crippen LogP contribution is -2.51. The third-order valence-corrected chi connectivity index (χ3v) is 5.72. The Morgan fingerprint density at radius 3 is 2.84 bits per heavy atom. The highest BCUT2D eigenvalue weighted by molar-refractivity contribution is 5.78. The van der Waals surface area contributed by atoms with Crippen LogP contribution in [0.3, 0.4) is 0 Å². The van der Waals surface area contributed by atoms with E-state index in [4.69, 9.17) is 4.74 Å². The van der Waals surface area contributed by atoms with Crippen LogP contribution in [0.2, 0.25) is 0 Å². The number of fused-ring (bicyclic) bond motifs is 4. The van der Waals surface area contributed by atoms with Crippen molar-refractivity contribution in [3.63, 3.8) is 0 Å². The van der Waals surface area contributed by atoms with Crippen molar-refractivity contribution in [1.82, 2.24) is 19.7 Å². The van der Waals surface area contributed by atoms with Crippen LogP contribution in [0.1, 0.15) is 18.5 Å². The Hall–Kier alpha value is -1.50. The highest BCUT2D eigenvalue weighted by Crippen LogP contribution is 2.28. The molecule has 4 aliphatic rings. The van der Waals surface area contributed by atoms with E-state index < -0.39 is 0 Å². The summed E-state index contributed by atoms with van der Waals surface area (Å²) in [6, 6.07) is 6.62. The molecule has 1 aromatic heterocycles. The normalized spacial score (nSPS) is 28.1. The molecule has 25 heavy (non-hydrogen) atoms. The van der Waals surface area contributed by atoms with Gasteiger partial charge in [-0.1, -0.05) is 6.07 Å². The van der Waals surface area contributed by atoms with Crippen LogP contribution in [0.4, 0.5) is 0 Å². The number of amides is 1. The molecule has 6 heteroatoms. The lowest BCUT2D eigenvalue weighted by atomic mass is 9.95. The van der Waals surface area contributed by atoms with E-state index >= 15 is 0 Å². The van der Waals surface area contributed by atoms with E-state index in [0.717, 1.165) is 45.0 Å². The predicted molar refractivity (Wildman–Crippen MR) is 95.0 cm³/mol. The maximum Gasteiger partial charge on any atom is 0.236 e. The fourth-order valence-electron chi connectivity index (χ4n) is 4.41. The number of morpholine rings is 1. The van der Waals surface area contributed by atoms with E-state index in [1.165, 1.54) is 12.8 Å². The van der Waals surface area contributed by atoms with Gasteiger partial charge in [-0.05, 0) is 30.9 Å². The molecular formula is C19H28N4O2. The molecule has 0 unspecified atom stereocenters. The van der Waals surface area contributed by atoms with Crippen molar-refractivity contribution >= 4 is 5.91 Å². The zero-order valence-corrected chi connectivity index (χ0v) is 14.8. The average molecular weight is 344 g/mol. The molecule has 0 radical (unpaired) electrons. The topological polar surface area (TPSA) is 48.9 Å². The Balaban J connectivity index is 1.37. The van der Waals surface area contributed by atoms with Gasteiger partial charge in [0.25, 0.3) is 0 Å². The van der Waals surface area contributed by atoms with E-state index in [2.05, 4.69) is 26.9 Å². The lowest BCUT2D eigenvalue weighted by molar-refractivity contribution is -0.137. The second-order valence-corrected chi connectivity index (χ2v) is 7.53. The molecule has 4 aliphatic heterocycles. The third kappa shape index (κ3) is 4.19. The van der Waals surface area contributed by atoms with Crippen molar-refractivity contribution in [1.29, 1.82) is 0 Å². The maximum absolute atomic E-state index is 12.6. The van der Waals surface area contributed by atoms with Crippen LogP contribution in [0.5, 0.6) is 0 Å². The highest BCUT2D eigenvalue weighted by atomic mass is 16.5. The summed E-state index contributed by atoms with van der Waals surface area (Å²) in [5.41, 5.74) is 1.14.